The smallest absolute Gasteiger partial charge is 0.189 e. The van der Waals surface area contributed by atoms with E-state index in [1.807, 2.05) is 30.9 Å². The Labute approximate surface area is 152 Å². The molecule has 0 aliphatic carbocycles. The van der Waals surface area contributed by atoms with Gasteiger partial charge >= 0.3 is 0 Å². The standard InChI is InChI=1S/C19H22FN5O/c1-14(2)26-17-6-5-15(12-21)19(18(17)20)25-10-8-24(9-11-25)13-16-4-3-7-22-23-16/h3-7,14H,8-11,13H2,1-2H3. The fraction of sp³-hybridized carbons (Fsp3) is 0.421. The van der Waals surface area contributed by atoms with Gasteiger partial charge in [-0.1, -0.05) is 0 Å². The summed E-state index contributed by atoms with van der Waals surface area (Å²) in [6.45, 7) is 7.21. The van der Waals surface area contributed by atoms with Crippen LogP contribution >= 0.6 is 0 Å². The van der Waals surface area contributed by atoms with Gasteiger partial charge in [0, 0.05) is 38.9 Å². The second-order valence-electron chi connectivity index (χ2n) is 6.53. The fourth-order valence-corrected chi connectivity index (χ4v) is 3.07. The monoisotopic (exact) mass is 355 g/mol. The van der Waals surface area contributed by atoms with Crippen molar-refractivity contribution in [1.29, 1.82) is 5.26 Å². The fourth-order valence-electron chi connectivity index (χ4n) is 3.07. The Bertz CT molecular complexity index is 783. The number of anilines is 1. The minimum Gasteiger partial charge on any atom is -0.488 e. The van der Waals surface area contributed by atoms with Crippen LogP contribution in [0.1, 0.15) is 25.1 Å². The van der Waals surface area contributed by atoms with E-state index in [9.17, 15) is 9.65 Å². The van der Waals surface area contributed by atoms with Crippen molar-refractivity contribution in [2.75, 3.05) is 31.1 Å². The lowest BCUT2D eigenvalue weighted by Crippen LogP contribution is -2.46. The predicted octanol–water partition coefficient (Wildman–Crippen LogP) is 2.60. The third kappa shape index (κ3) is 4.09. The molecule has 26 heavy (non-hydrogen) atoms. The van der Waals surface area contributed by atoms with Crippen molar-refractivity contribution in [2.45, 2.75) is 26.5 Å². The molecular formula is C19H22FN5O. The summed E-state index contributed by atoms with van der Waals surface area (Å²) in [5.74, 6) is -0.267. The molecule has 1 saturated heterocycles. The van der Waals surface area contributed by atoms with Crippen LogP contribution in [0.25, 0.3) is 0 Å². The normalized spacial score (nSPS) is 15.1. The maximum absolute atomic E-state index is 15.0. The van der Waals surface area contributed by atoms with E-state index in [0.29, 0.717) is 30.9 Å². The van der Waals surface area contributed by atoms with Gasteiger partial charge in [-0.05, 0) is 38.1 Å². The highest BCUT2D eigenvalue weighted by Gasteiger charge is 2.25. The van der Waals surface area contributed by atoms with Gasteiger partial charge in [-0.2, -0.15) is 15.5 Å². The number of hydrogen-bond acceptors (Lipinski definition) is 6. The van der Waals surface area contributed by atoms with Crippen LogP contribution in [0.4, 0.5) is 10.1 Å². The molecule has 2 aromatic rings. The lowest BCUT2D eigenvalue weighted by Gasteiger charge is -2.36. The SMILES string of the molecule is CC(C)Oc1ccc(C#N)c(N2CCN(Cc3cccnn3)CC2)c1F. The summed E-state index contributed by atoms with van der Waals surface area (Å²) in [6.07, 6.45) is 1.52. The Morgan fingerprint density at radius 1 is 1.23 bits per heavy atom. The molecular weight excluding hydrogens is 333 g/mol. The Hall–Kier alpha value is -2.72. The Morgan fingerprint density at radius 2 is 2.00 bits per heavy atom. The third-order valence-corrected chi connectivity index (χ3v) is 4.27. The van der Waals surface area contributed by atoms with Gasteiger partial charge in [0.15, 0.2) is 11.6 Å². The Morgan fingerprint density at radius 3 is 2.62 bits per heavy atom. The molecule has 1 aromatic carbocycles. The molecule has 7 heteroatoms. The summed E-state index contributed by atoms with van der Waals surface area (Å²) < 4.78 is 20.5. The summed E-state index contributed by atoms with van der Waals surface area (Å²) in [5, 5.41) is 17.4. The quantitative estimate of drug-likeness (QED) is 0.821. The molecule has 0 N–H and O–H groups in total. The number of ether oxygens (including phenoxy) is 1. The lowest BCUT2D eigenvalue weighted by molar-refractivity contribution is 0.229. The number of rotatable bonds is 5. The van der Waals surface area contributed by atoms with E-state index in [2.05, 4.69) is 21.2 Å². The topological polar surface area (TPSA) is 65.3 Å². The summed E-state index contributed by atoms with van der Waals surface area (Å²) in [4.78, 5) is 4.17. The van der Waals surface area contributed by atoms with Gasteiger partial charge in [0.1, 0.15) is 6.07 Å². The second-order valence-corrected chi connectivity index (χ2v) is 6.53. The molecule has 0 saturated carbocycles. The van der Waals surface area contributed by atoms with Crippen molar-refractivity contribution < 1.29 is 9.13 Å². The Kier molecular flexibility index (Phi) is 5.64. The first kappa shape index (κ1) is 18.1. The van der Waals surface area contributed by atoms with E-state index in [-0.39, 0.29) is 11.9 Å². The Balaban J connectivity index is 1.73. The lowest BCUT2D eigenvalue weighted by atomic mass is 10.1. The van der Waals surface area contributed by atoms with E-state index in [0.717, 1.165) is 18.8 Å². The average Bonchev–Trinajstić information content (AvgIpc) is 2.64. The van der Waals surface area contributed by atoms with Gasteiger partial charge in [0.05, 0.1) is 23.0 Å². The number of nitriles is 1. The number of benzene rings is 1. The van der Waals surface area contributed by atoms with Crippen molar-refractivity contribution in [3.8, 4) is 11.8 Å². The number of piperazine rings is 1. The number of halogens is 1. The zero-order chi connectivity index (χ0) is 18.5. The highest BCUT2D eigenvalue weighted by molar-refractivity contribution is 5.63. The molecule has 3 rings (SSSR count). The van der Waals surface area contributed by atoms with Crippen molar-refractivity contribution in [1.82, 2.24) is 15.1 Å². The van der Waals surface area contributed by atoms with Crippen LogP contribution in [0.2, 0.25) is 0 Å². The minimum atomic E-state index is -0.458. The summed E-state index contributed by atoms with van der Waals surface area (Å²) in [5.41, 5.74) is 1.59. The maximum Gasteiger partial charge on any atom is 0.189 e. The third-order valence-electron chi connectivity index (χ3n) is 4.27. The molecule has 0 unspecified atom stereocenters. The van der Waals surface area contributed by atoms with E-state index < -0.39 is 5.82 Å². The van der Waals surface area contributed by atoms with Crippen LogP contribution in [0.5, 0.6) is 5.75 Å². The van der Waals surface area contributed by atoms with Crippen LogP contribution in [0.15, 0.2) is 30.5 Å². The van der Waals surface area contributed by atoms with Gasteiger partial charge in [0.2, 0.25) is 0 Å². The van der Waals surface area contributed by atoms with Crippen molar-refractivity contribution >= 4 is 5.69 Å². The average molecular weight is 355 g/mol. The van der Waals surface area contributed by atoms with Crippen molar-refractivity contribution in [3.05, 3.63) is 47.5 Å². The largest absolute Gasteiger partial charge is 0.488 e. The van der Waals surface area contributed by atoms with Crippen molar-refractivity contribution in [3.63, 3.8) is 0 Å². The van der Waals surface area contributed by atoms with Gasteiger partial charge in [-0.15, -0.1) is 0 Å². The van der Waals surface area contributed by atoms with E-state index in [4.69, 9.17) is 4.74 Å². The highest BCUT2D eigenvalue weighted by Crippen LogP contribution is 2.32. The van der Waals surface area contributed by atoms with Crippen molar-refractivity contribution in [2.24, 2.45) is 0 Å². The summed E-state index contributed by atoms with van der Waals surface area (Å²) in [6, 6.07) is 9.07. The van der Waals surface area contributed by atoms with Crippen LogP contribution in [-0.2, 0) is 6.54 Å². The minimum absolute atomic E-state index is 0.130. The zero-order valence-corrected chi connectivity index (χ0v) is 15.0. The number of aromatic nitrogens is 2. The molecule has 0 bridgehead atoms. The highest BCUT2D eigenvalue weighted by atomic mass is 19.1. The maximum atomic E-state index is 15.0. The molecule has 1 aliphatic heterocycles. The molecule has 2 heterocycles. The molecule has 0 radical (unpaired) electrons. The zero-order valence-electron chi connectivity index (χ0n) is 15.0. The van der Waals surface area contributed by atoms with Gasteiger partial charge in [-0.3, -0.25) is 4.90 Å². The molecule has 1 fully saturated rings. The molecule has 6 nitrogen and oxygen atoms in total. The number of hydrogen-bond donors (Lipinski definition) is 0. The van der Waals surface area contributed by atoms with E-state index in [1.54, 1.807) is 12.3 Å². The first-order valence-corrected chi connectivity index (χ1v) is 8.71. The molecule has 0 amide bonds. The molecule has 1 aromatic heterocycles. The first-order valence-electron chi connectivity index (χ1n) is 8.71. The summed E-state index contributed by atoms with van der Waals surface area (Å²) in [7, 11) is 0. The summed E-state index contributed by atoms with van der Waals surface area (Å²) >= 11 is 0. The van der Waals surface area contributed by atoms with E-state index >= 15 is 0 Å². The first-order chi connectivity index (χ1) is 12.6. The van der Waals surface area contributed by atoms with Gasteiger partial charge in [-0.25, -0.2) is 4.39 Å². The van der Waals surface area contributed by atoms with E-state index in [1.165, 1.54) is 6.07 Å². The van der Waals surface area contributed by atoms with Crippen LogP contribution < -0.4 is 9.64 Å². The molecule has 0 atom stereocenters. The van der Waals surface area contributed by atoms with Gasteiger partial charge in [0.25, 0.3) is 0 Å². The predicted molar refractivity (Wildman–Crippen MR) is 96.4 cm³/mol. The van der Waals surface area contributed by atoms with Crippen LogP contribution in [-0.4, -0.2) is 47.4 Å². The van der Waals surface area contributed by atoms with Crippen LogP contribution in [0.3, 0.4) is 0 Å². The second kappa shape index (κ2) is 8.11. The molecule has 1 aliphatic rings. The number of nitrogens with zero attached hydrogens (tertiary/aromatic N) is 5. The van der Waals surface area contributed by atoms with Crippen LogP contribution in [0, 0.1) is 17.1 Å². The molecule has 0 spiro atoms. The molecule has 136 valence electrons. The van der Waals surface area contributed by atoms with Gasteiger partial charge < -0.3 is 9.64 Å².